The molecule has 0 aromatic heterocycles. The fourth-order valence-corrected chi connectivity index (χ4v) is 1.24. The highest BCUT2D eigenvalue weighted by atomic mass is 35.5. The lowest BCUT2D eigenvalue weighted by atomic mass is 9.88. The highest BCUT2D eigenvalue weighted by molar-refractivity contribution is 6.30. The summed E-state index contributed by atoms with van der Waals surface area (Å²) in [4.78, 5) is 11.7. The van der Waals surface area contributed by atoms with Crippen molar-refractivity contribution in [2.24, 2.45) is 5.41 Å². The van der Waals surface area contributed by atoms with Crippen LogP contribution in [0.25, 0.3) is 0 Å². The normalized spacial score (nSPS) is 13.0. The van der Waals surface area contributed by atoms with Crippen LogP contribution in [0.5, 0.6) is 0 Å². The van der Waals surface area contributed by atoms with Gasteiger partial charge in [-0.15, -0.1) is 0 Å². The fourth-order valence-electron chi connectivity index (χ4n) is 1.11. The zero-order valence-corrected chi connectivity index (χ0v) is 11.4. The number of amides is 2. The first-order chi connectivity index (χ1) is 7.79. The molecule has 1 unspecified atom stereocenters. The Balaban J connectivity index is 2.53. The van der Waals surface area contributed by atoms with Crippen LogP contribution in [0.1, 0.15) is 27.7 Å². The van der Waals surface area contributed by atoms with E-state index >= 15 is 0 Å². The van der Waals surface area contributed by atoms with Crippen LogP contribution in [0.3, 0.4) is 0 Å². The molecule has 0 aliphatic rings. The van der Waals surface area contributed by atoms with Crippen LogP contribution in [0.4, 0.5) is 10.5 Å². The van der Waals surface area contributed by atoms with Gasteiger partial charge in [0, 0.05) is 16.8 Å². The van der Waals surface area contributed by atoms with Crippen molar-refractivity contribution in [3.05, 3.63) is 29.3 Å². The van der Waals surface area contributed by atoms with Crippen LogP contribution in [0, 0.1) is 5.41 Å². The molecule has 1 aromatic rings. The third-order valence-electron chi connectivity index (χ3n) is 2.75. The second-order valence-corrected chi connectivity index (χ2v) is 5.63. The van der Waals surface area contributed by atoms with Gasteiger partial charge in [-0.25, -0.2) is 4.79 Å². The number of rotatable bonds is 2. The Morgan fingerprint density at radius 3 is 2.24 bits per heavy atom. The molecule has 17 heavy (non-hydrogen) atoms. The average molecular weight is 255 g/mol. The monoisotopic (exact) mass is 254 g/mol. The molecular formula is C13H19ClN2O. The van der Waals surface area contributed by atoms with Gasteiger partial charge in [0.1, 0.15) is 0 Å². The largest absolute Gasteiger partial charge is 0.335 e. The third kappa shape index (κ3) is 4.65. The third-order valence-corrected chi connectivity index (χ3v) is 3.00. The Labute approximate surface area is 108 Å². The van der Waals surface area contributed by atoms with Gasteiger partial charge in [-0.05, 0) is 36.6 Å². The van der Waals surface area contributed by atoms with Crippen molar-refractivity contribution < 1.29 is 4.79 Å². The molecule has 0 radical (unpaired) electrons. The van der Waals surface area contributed by atoms with Crippen molar-refractivity contribution in [3.63, 3.8) is 0 Å². The fraction of sp³-hybridized carbons (Fsp3) is 0.462. The number of carbonyl (C=O) groups excluding carboxylic acids is 1. The first kappa shape index (κ1) is 13.8. The first-order valence-corrected chi connectivity index (χ1v) is 6.00. The molecular weight excluding hydrogens is 236 g/mol. The van der Waals surface area contributed by atoms with Gasteiger partial charge >= 0.3 is 6.03 Å². The summed E-state index contributed by atoms with van der Waals surface area (Å²) in [7, 11) is 0. The number of hydrogen-bond donors (Lipinski definition) is 2. The minimum Gasteiger partial charge on any atom is -0.335 e. The lowest BCUT2D eigenvalue weighted by Crippen LogP contribution is -2.43. The van der Waals surface area contributed by atoms with Crippen molar-refractivity contribution >= 4 is 23.3 Å². The lowest BCUT2D eigenvalue weighted by molar-refractivity contribution is 0.233. The van der Waals surface area contributed by atoms with Gasteiger partial charge < -0.3 is 10.6 Å². The van der Waals surface area contributed by atoms with Gasteiger partial charge in [0.25, 0.3) is 0 Å². The first-order valence-electron chi connectivity index (χ1n) is 5.62. The maximum Gasteiger partial charge on any atom is 0.319 e. The molecule has 1 aromatic carbocycles. The number of anilines is 1. The lowest BCUT2D eigenvalue weighted by Gasteiger charge is -2.28. The smallest absolute Gasteiger partial charge is 0.319 e. The summed E-state index contributed by atoms with van der Waals surface area (Å²) < 4.78 is 0. The highest BCUT2D eigenvalue weighted by Gasteiger charge is 2.21. The second-order valence-electron chi connectivity index (χ2n) is 5.19. The molecule has 0 aliphatic carbocycles. The van der Waals surface area contributed by atoms with E-state index in [4.69, 9.17) is 11.6 Å². The highest BCUT2D eigenvalue weighted by Crippen LogP contribution is 2.19. The van der Waals surface area contributed by atoms with Gasteiger partial charge in [0.05, 0.1) is 0 Å². The summed E-state index contributed by atoms with van der Waals surface area (Å²) in [6.07, 6.45) is 0. The summed E-state index contributed by atoms with van der Waals surface area (Å²) in [6, 6.07) is 6.91. The molecule has 4 heteroatoms. The molecule has 0 aliphatic heterocycles. The van der Waals surface area contributed by atoms with Crippen LogP contribution in [-0.4, -0.2) is 12.1 Å². The molecule has 2 N–H and O–H groups in total. The summed E-state index contributed by atoms with van der Waals surface area (Å²) in [6.45, 7) is 8.24. The molecule has 3 nitrogen and oxygen atoms in total. The molecule has 0 spiro atoms. The zero-order valence-electron chi connectivity index (χ0n) is 10.7. The molecule has 1 rings (SSSR count). The molecule has 0 bridgehead atoms. The van der Waals surface area contributed by atoms with E-state index in [0.29, 0.717) is 5.02 Å². The van der Waals surface area contributed by atoms with E-state index in [1.54, 1.807) is 24.3 Å². The maximum absolute atomic E-state index is 11.7. The summed E-state index contributed by atoms with van der Waals surface area (Å²) in [5.74, 6) is 0. The topological polar surface area (TPSA) is 41.1 Å². The Hall–Kier alpha value is -1.22. The Bertz CT molecular complexity index is 381. The molecule has 2 amide bonds. The van der Waals surface area contributed by atoms with Crippen LogP contribution >= 0.6 is 11.6 Å². The van der Waals surface area contributed by atoms with E-state index in [9.17, 15) is 4.79 Å². The predicted octanol–water partition coefficient (Wildman–Crippen LogP) is 3.90. The molecule has 0 saturated carbocycles. The number of benzene rings is 1. The van der Waals surface area contributed by atoms with Gasteiger partial charge in [-0.3, -0.25) is 0 Å². The Morgan fingerprint density at radius 1 is 1.24 bits per heavy atom. The van der Waals surface area contributed by atoms with E-state index < -0.39 is 0 Å². The number of urea groups is 1. The van der Waals surface area contributed by atoms with Crippen molar-refractivity contribution in [2.75, 3.05) is 5.32 Å². The minimum atomic E-state index is -0.199. The Morgan fingerprint density at radius 2 is 1.76 bits per heavy atom. The van der Waals surface area contributed by atoms with Crippen molar-refractivity contribution in [1.29, 1.82) is 0 Å². The van der Waals surface area contributed by atoms with Gasteiger partial charge in [-0.2, -0.15) is 0 Å². The van der Waals surface area contributed by atoms with Crippen molar-refractivity contribution in [1.82, 2.24) is 5.32 Å². The zero-order chi connectivity index (χ0) is 13.1. The summed E-state index contributed by atoms with van der Waals surface area (Å²) in [5, 5.41) is 6.32. The molecule has 0 fully saturated rings. The van der Waals surface area contributed by atoms with E-state index in [0.717, 1.165) is 5.69 Å². The van der Waals surface area contributed by atoms with Gasteiger partial charge in [0.15, 0.2) is 0 Å². The SMILES string of the molecule is CC(NC(=O)Nc1ccc(Cl)cc1)C(C)(C)C. The Kier molecular flexibility index (Phi) is 4.40. The van der Waals surface area contributed by atoms with E-state index in [2.05, 4.69) is 31.4 Å². The van der Waals surface area contributed by atoms with E-state index in [1.165, 1.54) is 0 Å². The van der Waals surface area contributed by atoms with E-state index in [1.807, 2.05) is 6.92 Å². The summed E-state index contributed by atoms with van der Waals surface area (Å²) in [5.41, 5.74) is 0.769. The number of carbonyl (C=O) groups is 1. The van der Waals surface area contributed by atoms with Gasteiger partial charge in [-0.1, -0.05) is 32.4 Å². The van der Waals surface area contributed by atoms with Crippen LogP contribution in [0.2, 0.25) is 5.02 Å². The molecule has 1 atom stereocenters. The van der Waals surface area contributed by atoms with E-state index in [-0.39, 0.29) is 17.5 Å². The minimum absolute atomic E-state index is 0.0390. The standard InChI is InChI=1S/C13H19ClN2O/c1-9(13(2,3)4)15-12(17)16-11-7-5-10(14)6-8-11/h5-9H,1-4H3,(H2,15,16,17). The van der Waals surface area contributed by atoms with Crippen LogP contribution in [0.15, 0.2) is 24.3 Å². The van der Waals surface area contributed by atoms with Gasteiger partial charge in [0.2, 0.25) is 0 Å². The van der Waals surface area contributed by atoms with Crippen molar-refractivity contribution in [2.45, 2.75) is 33.7 Å². The van der Waals surface area contributed by atoms with Crippen LogP contribution in [-0.2, 0) is 0 Å². The second kappa shape index (κ2) is 5.41. The molecule has 0 saturated heterocycles. The quantitative estimate of drug-likeness (QED) is 0.826. The average Bonchev–Trinajstić information content (AvgIpc) is 2.20. The van der Waals surface area contributed by atoms with Crippen LogP contribution < -0.4 is 10.6 Å². The maximum atomic E-state index is 11.7. The predicted molar refractivity (Wildman–Crippen MR) is 72.5 cm³/mol. The number of halogens is 1. The molecule has 94 valence electrons. The van der Waals surface area contributed by atoms with Crippen molar-refractivity contribution in [3.8, 4) is 0 Å². The summed E-state index contributed by atoms with van der Waals surface area (Å²) >= 11 is 5.76. The number of hydrogen-bond acceptors (Lipinski definition) is 1. The number of nitrogens with one attached hydrogen (secondary N) is 2. The molecule has 0 heterocycles.